The summed E-state index contributed by atoms with van der Waals surface area (Å²) in [6.45, 7) is -0.606. The normalized spacial score (nSPS) is 10.2. The number of benzene rings is 2. The summed E-state index contributed by atoms with van der Waals surface area (Å²) in [5.41, 5.74) is -0.271. The van der Waals surface area contributed by atoms with Crippen LogP contribution in [0.15, 0.2) is 24.3 Å². The van der Waals surface area contributed by atoms with Crippen LogP contribution in [0.4, 0.5) is 18.9 Å². The van der Waals surface area contributed by atoms with Gasteiger partial charge in [-0.25, -0.2) is 13.2 Å². The van der Waals surface area contributed by atoms with Gasteiger partial charge in [0.1, 0.15) is 6.29 Å². The molecule has 2 aromatic carbocycles. The molecule has 0 radical (unpaired) electrons. The maximum Gasteiger partial charge on any atom is 0.262 e. The van der Waals surface area contributed by atoms with E-state index in [4.69, 9.17) is 14.2 Å². The number of nitrogens with one attached hydrogen (secondary N) is 1. The zero-order valence-electron chi connectivity index (χ0n) is 13.8. The van der Waals surface area contributed by atoms with Gasteiger partial charge in [0.15, 0.2) is 35.6 Å². The zero-order chi connectivity index (χ0) is 19.3. The third kappa shape index (κ3) is 4.05. The van der Waals surface area contributed by atoms with Gasteiger partial charge in [-0.3, -0.25) is 9.59 Å². The zero-order valence-corrected chi connectivity index (χ0v) is 13.8. The minimum Gasteiger partial charge on any atom is -0.493 e. The van der Waals surface area contributed by atoms with E-state index in [2.05, 4.69) is 5.32 Å². The van der Waals surface area contributed by atoms with Crippen LogP contribution in [0.5, 0.6) is 17.2 Å². The third-order valence-electron chi connectivity index (χ3n) is 3.28. The average molecular weight is 369 g/mol. The molecular formula is C17H14F3NO5. The number of aldehydes is 1. The molecule has 0 aliphatic carbocycles. The van der Waals surface area contributed by atoms with Crippen LogP contribution in [0.3, 0.4) is 0 Å². The second-order valence-corrected chi connectivity index (χ2v) is 4.93. The van der Waals surface area contributed by atoms with Gasteiger partial charge in [0.2, 0.25) is 5.75 Å². The number of ether oxygens (including phenoxy) is 3. The lowest BCUT2D eigenvalue weighted by atomic mass is 10.2. The van der Waals surface area contributed by atoms with Crippen molar-refractivity contribution < 1.29 is 37.0 Å². The van der Waals surface area contributed by atoms with Gasteiger partial charge < -0.3 is 19.5 Å². The minimum absolute atomic E-state index is 0.0431. The molecule has 1 amide bonds. The van der Waals surface area contributed by atoms with Gasteiger partial charge in [-0.1, -0.05) is 0 Å². The Balaban J connectivity index is 2.15. The highest BCUT2D eigenvalue weighted by Gasteiger charge is 2.18. The molecule has 138 valence electrons. The van der Waals surface area contributed by atoms with Crippen molar-refractivity contribution in [2.24, 2.45) is 0 Å². The van der Waals surface area contributed by atoms with E-state index in [1.807, 2.05) is 0 Å². The second-order valence-electron chi connectivity index (χ2n) is 4.93. The molecule has 26 heavy (non-hydrogen) atoms. The largest absolute Gasteiger partial charge is 0.493 e. The SMILES string of the molecule is COc1cc(C=O)cc(OC)c1OCC(=O)Nc1ccc(F)c(F)c1F. The first-order valence-electron chi connectivity index (χ1n) is 7.18. The van der Waals surface area contributed by atoms with Crippen LogP contribution < -0.4 is 19.5 Å². The molecule has 0 bridgehead atoms. The fourth-order valence-corrected chi connectivity index (χ4v) is 2.06. The van der Waals surface area contributed by atoms with Crippen LogP contribution in [0.1, 0.15) is 10.4 Å². The molecular weight excluding hydrogens is 355 g/mol. The molecule has 0 aliphatic heterocycles. The Morgan fingerprint density at radius 3 is 2.23 bits per heavy atom. The maximum absolute atomic E-state index is 13.6. The number of anilines is 1. The number of rotatable bonds is 7. The summed E-state index contributed by atoms with van der Waals surface area (Å²) in [6, 6.07) is 4.31. The average Bonchev–Trinajstić information content (AvgIpc) is 2.66. The summed E-state index contributed by atoms with van der Waals surface area (Å²) in [7, 11) is 2.65. The number of halogens is 3. The quantitative estimate of drug-likeness (QED) is 0.600. The van der Waals surface area contributed by atoms with E-state index in [1.165, 1.54) is 26.4 Å². The number of hydrogen-bond acceptors (Lipinski definition) is 5. The smallest absolute Gasteiger partial charge is 0.262 e. The Bertz CT molecular complexity index is 816. The predicted molar refractivity (Wildman–Crippen MR) is 85.4 cm³/mol. The molecule has 0 aromatic heterocycles. The van der Waals surface area contributed by atoms with E-state index in [0.717, 1.165) is 6.07 Å². The Kier molecular flexibility index (Phi) is 6.05. The van der Waals surface area contributed by atoms with E-state index in [-0.39, 0.29) is 22.8 Å². The standard InChI is InChI=1S/C17H14F3NO5/c1-24-12-5-9(7-22)6-13(25-2)17(12)26-8-14(23)21-11-4-3-10(18)15(19)16(11)20/h3-7H,8H2,1-2H3,(H,21,23). The summed E-state index contributed by atoms with van der Waals surface area (Å²) in [5.74, 6) is -5.11. The van der Waals surface area contributed by atoms with Gasteiger partial charge in [-0.05, 0) is 24.3 Å². The number of methoxy groups -OCH3 is 2. The maximum atomic E-state index is 13.6. The summed E-state index contributed by atoms with van der Waals surface area (Å²) in [4.78, 5) is 22.8. The molecule has 2 aromatic rings. The predicted octanol–water partition coefficient (Wildman–Crippen LogP) is 2.95. The van der Waals surface area contributed by atoms with E-state index >= 15 is 0 Å². The molecule has 0 fully saturated rings. The lowest BCUT2D eigenvalue weighted by molar-refractivity contribution is -0.118. The van der Waals surface area contributed by atoms with Gasteiger partial charge in [-0.2, -0.15) is 0 Å². The molecule has 9 heteroatoms. The summed E-state index contributed by atoms with van der Waals surface area (Å²) < 4.78 is 55.1. The van der Waals surface area contributed by atoms with Crippen molar-refractivity contribution in [2.45, 2.75) is 0 Å². The van der Waals surface area contributed by atoms with E-state index in [0.29, 0.717) is 12.4 Å². The highest BCUT2D eigenvalue weighted by Crippen LogP contribution is 2.38. The first-order valence-corrected chi connectivity index (χ1v) is 7.18. The Morgan fingerprint density at radius 1 is 1.08 bits per heavy atom. The summed E-state index contributed by atoms with van der Waals surface area (Å²) >= 11 is 0. The van der Waals surface area contributed by atoms with Gasteiger partial charge in [-0.15, -0.1) is 0 Å². The van der Waals surface area contributed by atoms with Crippen molar-refractivity contribution >= 4 is 17.9 Å². The van der Waals surface area contributed by atoms with E-state index in [9.17, 15) is 22.8 Å². The fourth-order valence-electron chi connectivity index (χ4n) is 2.06. The minimum atomic E-state index is -1.70. The highest BCUT2D eigenvalue weighted by molar-refractivity contribution is 5.92. The van der Waals surface area contributed by atoms with E-state index in [1.54, 1.807) is 0 Å². The molecule has 0 aliphatic rings. The fraction of sp³-hybridized carbons (Fsp3) is 0.176. The Labute approximate surface area is 146 Å². The summed E-state index contributed by atoms with van der Waals surface area (Å²) in [5, 5.41) is 2.06. The van der Waals surface area contributed by atoms with Crippen molar-refractivity contribution in [3.05, 3.63) is 47.3 Å². The lowest BCUT2D eigenvalue weighted by Crippen LogP contribution is -2.21. The molecule has 0 heterocycles. The van der Waals surface area contributed by atoms with Crippen LogP contribution in [-0.4, -0.2) is 33.0 Å². The van der Waals surface area contributed by atoms with Crippen molar-refractivity contribution in [1.29, 1.82) is 0 Å². The van der Waals surface area contributed by atoms with Gasteiger partial charge in [0, 0.05) is 5.56 Å². The van der Waals surface area contributed by atoms with Crippen LogP contribution in [0, 0.1) is 17.5 Å². The van der Waals surface area contributed by atoms with Crippen LogP contribution in [-0.2, 0) is 4.79 Å². The van der Waals surface area contributed by atoms with Gasteiger partial charge in [0.25, 0.3) is 5.91 Å². The van der Waals surface area contributed by atoms with Crippen molar-refractivity contribution in [2.75, 3.05) is 26.1 Å². The molecule has 0 spiro atoms. The van der Waals surface area contributed by atoms with Crippen LogP contribution in [0.2, 0.25) is 0 Å². The molecule has 2 rings (SSSR count). The molecule has 0 saturated carbocycles. The van der Waals surface area contributed by atoms with E-state index < -0.39 is 35.7 Å². The Morgan fingerprint density at radius 2 is 1.69 bits per heavy atom. The summed E-state index contributed by atoms with van der Waals surface area (Å²) in [6.07, 6.45) is 0.577. The molecule has 0 atom stereocenters. The Hall–Kier alpha value is -3.23. The van der Waals surface area contributed by atoms with Gasteiger partial charge >= 0.3 is 0 Å². The lowest BCUT2D eigenvalue weighted by Gasteiger charge is -2.15. The monoisotopic (exact) mass is 369 g/mol. The van der Waals surface area contributed by atoms with Crippen molar-refractivity contribution in [3.8, 4) is 17.2 Å². The van der Waals surface area contributed by atoms with Crippen molar-refractivity contribution in [1.82, 2.24) is 0 Å². The third-order valence-corrected chi connectivity index (χ3v) is 3.28. The van der Waals surface area contributed by atoms with Crippen LogP contribution in [0.25, 0.3) is 0 Å². The first kappa shape index (κ1) is 19.1. The number of amides is 1. The van der Waals surface area contributed by atoms with Crippen LogP contribution >= 0.6 is 0 Å². The molecule has 1 N–H and O–H groups in total. The first-order chi connectivity index (χ1) is 12.4. The molecule has 0 unspecified atom stereocenters. The molecule has 0 saturated heterocycles. The number of carbonyl (C=O) groups excluding carboxylic acids is 2. The number of carbonyl (C=O) groups is 2. The number of hydrogen-bond donors (Lipinski definition) is 1. The van der Waals surface area contributed by atoms with Crippen molar-refractivity contribution in [3.63, 3.8) is 0 Å². The van der Waals surface area contributed by atoms with Gasteiger partial charge in [0.05, 0.1) is 19.9 Å². The molecule has 6 nitrogen and oxygen atoms in total. The second kappa shape index (κ2) is 8.24. The highest BCUT2D eigenvalue weighted by atomic mass is 19.2. The topological polar surface area (TPSA) is 73.9 Å².